The van der Waals surface area contributed by atoms with Crippen LogP contribution in [-0.2, 0) is 0 Å². The summed E-state index contributed by atoms with van der Waals surface area (Å²) in [6, 6.07) is 14.5. The lowest BCUT2D eigenvalue weighted by molar-refractivity contribution is 1.37. The van der Waals surface area contributed by atoms with Crippen molar-refractivity contribution >= 4 is 43.2 Å². The van der Waals surface area contributed by atoms with Crippen LogP contribution in [0.1, 0.15) is 5.56 Å². The molecule has 0 bridgehead atoms. The molecule has 4 heteroatoms. The van der Waals surface area contributed by atoms with Gasteiger partial charge in [-0.15, -0.1) is 11.3 Å². The van der Waals surface area contributed by atoms with Crippen molar-refractivity contribution in [1.29, 1.82) is 0 Å². The van der Waals surface area contributed by atoms with E-state index in [4.69, 9.17) is 4.98 Å². The summed E-state index contributed by atoms with van der Waals surface area (Å²) >= 11 is 8.86. The molecule has 0 aliphatic heterocycles. The van der Waals surface area contributed by atoms with Crippen molar-refractivity contribution in [2.75, 3.05) is 0 Å². The van der Waals surface area contributed by atoms with Crippen LogP contribution in [0.5, 0.6) is 0 Å². The smallest absolute Gasteiger partial charge is 0.125 e. The maximum atomic E-state index is 4.76. The van der Waals surface area contributed by atoms with Gasteiger partial charge in [-0.1, -0.05) is 62.2 Å². The van der Waals surface area contributed by atoms with E-state index in [1.807, 2.05) is 18.2 Å². The Bertz CT molecular complexity index is 765. The van der Waals surface area contributed by atoms with Crippen molar-refractivity contribution in [3.8, 4) is 21.8 Å². The largest absolute Gasteiger partial charge is 0.236 e. The Kier molecular flexibility index (Phi) is 4.06. The summed E-state index contributed by atoms with van der Waals surface area (Å²) in [6.07, 6.45) is 0. The quantitative estimate of drug-likeness (QED) is 0.484. The standard InChI is InChI=1S/C16H11Br2NS/c1-10-6-7-12(14(18)8-10)16-19-15(9-20-16)11-4-2-3-5-13(11)17/h2-9H,1H3. The number of hydrogen-bond donors (Lipinski definition) is 0. The van der Waals surface area contributed by atoms with E-state index < -0.39 is 0 Å². The zero-order valence-corrected chi connectivity index (χ0v) is 14.7. The van der Waals surface area contributed by atoms with E-state index in [1.54, 1.807) is 11.3 Å². The van der Waals surface area contributed by atoms with Crippen molar-refractivity contribution in [1.82, 2.24) is 4.98 Å². The number of benzene rings is 2. The third-order valence-corrected chi connectivity index (χ3v) is 5.23. The molecule has 20 heavy (non-hydrogen) atoms. The third-order valence-electron chi connectivity index (χ3n) is 3.01. The SMILES string of the molecule is Cc1ccc(-c2nc(-c3ccccc3Br)cs2)c(Br)c1. The van der Waals surface area contributed by atoms with Crippen LogP contribution in [-0.4, -0.2) is 4.98 Å². The van der Waals surface area contributed by atoms with Gasteiger partial charge in [0.2, 0.25) is 0 Å². The van der Waals surface area contributed by atoms with E-state index in [0.717, 1.165) is 30.8 Å². The van der Waals surface area contributed by atoms with Crippen molar-refractivity contribution in [2.24, 2.45) is 0 Å². The molecule has 0 atom stereocenters. The first-order valence-electron chi connectivity index (χ1n) is 6.12. The fraction of sp³-hybridized carbons (Fsp3) is 0.0625. The summed E-state index contributed by atoms with van der Waals surface area (Å²) in [5.74, 6) is 0. The molecule has 0 radical (unpaired) electrons. The fourth-order valence-corrected chi connectivity index (χ4v) is 4.14. The topological polar surface area (TPSA) is 12.9 Å². The molecule has 2 aromatic carbocycles. The Balaban J connectivity index is 2.04. The molecule has 0 aliphatic rings. The normalized spacial score (nSPS) is 10.8. The molecule has 3 rings (SSSR count). The Morgan fingerprint density at radius 2 is 1.75 bits per heavy atom. The first-order valence-corrected chi connectivity index (χ1v) is 8.58. The molecular weight excluding hydrogens is 398 g/mol. The highest BCUT2D eigenvalue weighted by atomic mass is 79.9. The molecule has 1 nitrogen and oxygen atoms in total. The van der Waals surface area contributed by atoms with Crippen molar-refractivity contribution < 1.29 is 0 Å². The highest BCUT2D eigenvalue weighted by Gasteiger charge is 2.11. The van der Waals surface area contributed by atoms with Crippen LogP contribution in [0.3, 0.4) is 0 Å². The minimum Gasteiger partial charge on any atom is -0.236 e. The van der Waals surface area contributed by atoms with Gasteiger partial charge in [-0.2, -0.15) is 0 Å². The highest BCUT2D eigenvalue weighted by Crippen LogP contribution is 2.35. The Morgan fingerprint density at radius 1 is 0.950 bits per heavy atom. The number of aromatic nitrogens is 1. The van der Waals surface area contributed by atoms with Gasteiger partial charge in [-0.3, -0.25) is 0 Å². The van der Waals surface area contributed by atoms with Crippen LogP contribution in [0.4, 0.5) is 0 Å². The molecule has 0 amide bonds. The van der Waals surface area contributed by atoms with Crippen LogP contribution in [0.15, 0.2) is 56.8 Å². The number of hydrogen-bond acceptors (Lipinski definition) is 2. The second-order valence-corrected chi connectivity index (χ2v) is 7.07. The van der Waals surface area contributed by atoms with Gasteiger partial charge in [0.1, 0.15) is 5.01 Å². The van der Waals surface area contributed by atoms with Crippen molar-refractivity contribution in [3.05, 3.63) is 62.4 Å². The molecule has 100 valence electrons. The van der Waals surface area contributed by atoms with Gasteiger partial charge < -0.3 is 0 Å². The summed E-state index contributed by atoms with van der Waals surface area (Å²) in [4.78, 5) is 4.76. The first-order chi connectivity index (χ1) is 9.65. The Hall–Kier alpha value is -0.970. The average molecular weight is 409 g/mol. The van der Waals surface area contributed by atoms with Crippen molar-refractivity contribution in [2.45, 2.75) is 6.92 Å². The molecule has 0 spiro atoms. The molecule has 0 N–H and O–H groups in total. The van der Waals surface area contributed by atoms with Gasteiger partial charge in [0.25, 0.3) is 0 Å². The lowest BCUT2D eigenvalue weighted by atomic mass is 10.1. The number of rotatable bonds is 2. The van der Waals surface area contributed by atoms with Gasteiger partial charge in [0.15, 0.2) is 0 Å². The van der Waals surface area contributed by atoms with E-state index in [9.17, 15) is 0 Å². The lowest BCUT2D eigenvalue weighted by Crippen LogP contribution is -1.83. The van der Waals surface area contributed by atoms with E-state index in [-0.39, 0.29) is 0 Å². The van der Waals surface area contributed by atoms with Crippen LogP contribution < -0.4 is 0 Å². The molecule has 0 saturated heterocycles. The summed E-state index contributed by atoms with van der Waals surface area (Å²) < 4.78 is 2.16. The Morgan fingerprint density at radius 3 is 2.50 bits per heavy atom. The van der Waals surface area contributed by atoms with E-state index >= 15 is 0 Å². The van der Waals surface area contributed by atoms with Crippen LogP contribution in [0.25, 0.3) is 21.8 Å². The van der Waals surface area contributed by atoms with Gasteiger partial charge >= 0.3 is 0 Å². The van der Waals surface area contributed by atoms with Crippen LogP contribution in [0.2, 0.25) is 0 Å². The third kappa shape index (κ3) is 2.73. The fourth-order valence-electron chi connectivity index (χ4n) is 1.98. The second kappa shape index (κ2) is 5.80. The number of thiazole rings is 1. The van der Waals surface area contributed by atoms with Gasteiger partial charge in [-0.05, 0) is 24.6 Å². The maximum absolute atomic E-state index is 4.76. The molecule has 3 aromatic rings. The molecule has 0 fully saturated rings. The van der Waals surface area contributed by atoms with Crippen LogP contribution in [0, 0.1) is 6.92 Å². The van der Waals surface area contributed by atoms with Crippen LogP contribution >= 0.6 is 43.2 Å². The lowest BCUT2D eigenvalue weighted by Gasteiger charge is -2.02. The average Bonchev–Trinajstić information content (AvgIpc) is 2.88. The van der Waals surface area contributed by atoms with Gasteiger partial charge in [0.05, 0.1) is 5.69 Å². The highest BCUT2D eigenvalue weighted by molar-refractivity contribution is 9.11. The zero-order chi connectivity index (χ0) is 14.1. The molecule has 1 aromatic heterocycles. The molecule has 0 aliphatic carbocycles. The number of nitrogens with zero attached hydrogens (tertiary/aromatic N) is 1. The van der Waals surface area contributed by atoms with Gasteiger partial charge in [-0.25, -0.2) is 4.98 Å². The second-order valence-electron chi connectivity index (χ2n) is 4.50. The summed E-state index contributed by atoms with van der Waals surface area (Å²) in [5.41, 5.74) is 4.50. The van der Waals surface area contributed by atoms with E-state index in [1.165, 1.54) is 5.56 Å². The summed E-state index contributed by atoms with van der Waals surface area (Å²) in [7, 11) is 0. The number of aryl methyl sites for hydroxylation is 1. The molecule has 0 unspecified atom stereocenters. The molecular formula is C16H11Br2NS. The van der Waals surface area contributed by atoms with E-state index in [0.29, 0.717) is 0 Å². The minimum absolute atomic E-state index is 1.00. The number of halogens is 2. The monoisotopic (exact) mass is 407 g/mol. The minimum atomic E-state index is 1.00. The first kappa shape index (κ1) is 14.0. The van der Waals surface area contributed by atoms with Gasteiger partial charge in [0, 0.05) is 25.5 Å². The maximum Gasteiger partial charge on any atom is 0.125 e. The zero-order valence-electron chi connectivity index (χ0n) is 10.7. The predicted molar refractivity (Wildman–Crippen MR) is 93.1 cm³/mol. The van der Waals surface area contributed by atoms with E-state index in [2.05, 4.69) is 68.4 Å². The summed E-state index contributed by atoms with van der Waals surface area (Å²) in [5, 5.41) is 3.13. The van der Waals surface area contributed by atoms with Crippen molar-refractivity contribution in [3.63, 3.8) is 0 Å². The predicted octanol–water partition coefficient (Wildman–Crippen LogP) is 6.31. The summed E-state index contributed by atoms with van der Waals surface area (Å²) in [6.45, 7) is 2.09. The molecule has 0 saturated carbocycles. The Labute approximate surface area is 139 Å². The molecule has 1 heterocycles.